The Kier molecular flexibility index (Phi) is 3.88. The van der Waals surface area contributed by atoms with E-state index in [1.54, 1.807) is 18.2 Å². The Balaban J connectivity index is 2.89. The van der Waals surface area contributed by atoms with E-state index in [9.17, 15) is 9.59 Å². The third kappa shape index (κ3) is 2.98. The molecule has 1 aromatic carbocycles. The lowest BCUT2D eigenvalue weighted by Gasteiger charge is -2.06. The molecule has 0 saturated carbocycles. The number of nitrogens with two attached hydrogens (primary N) is 1. The van der Waals surface area contributed by atoms with Crippen LogP contribution in [-0.4, -0.2) is 24.2 Å². The highest BCUT2D eigenvalue weighted by atomic mass is 16.5. The number of benzene rings is 1. The molecule has 1 rings (SSSR count). The molecule has 3 N–H and O–H groups in total. The van der Waals surface area contributed by atoms with Crippen LogP contribution in [0.15, 0.2) is 18.2 Å². The van der Waals surface area contributed by atoms with Gasteiger partial charge in [0.05, 0.1) is 12.7 Å². The minimum absolute atomic E-state index is 0.0184. The molecular weight excluding hydrogens is 210 g/mol. The first-order valence-corrected chi connectivity index (χ1v) is 4.73. The van der Waals surface area contributed by atoms with Gasteiger partial charge in [-0.1, -0.05) is 6.07 Å². The van der Waals surface area contributed by atoms with Crippen molar-refractivity contribution in [3.8, 4) is 0 Å². The van der Waals surface area contributed by atoms with Crippen LogP contribution in [-0.2, 0) is 16.0 Å². The van der Waals surface area contributed by atoms with Gasteiger partial charge < -0.3 is 15.6 Å². The zero-order valence-electron chi connectivity index (χ0n) is 8.90. The number of aliphatic carboxylic acids is 1. The van der Waals surface area contributed by atoms with Gasteiger partial charge in [-0.05, 0) is 24.1 Å². The highest BCUT2D eigenvalue weighted by Crippen LogP contribution is 2.16. The molecule has 5 heteroatoms. The van der Waals surface area contributed by atoms with Crippen molar-refractivity contribution < 1.29 is 19.4 Å². The quantitative estimate of drug-likeness (QED) is 0.588. The SMILES string of the molecule is COC(=O)c1cc(CCC(=O)O)ccc1N. The molecule has 1 aromatic rings. The van der Waals surface area contributed by atoms with Gasteiger partial charge in [-0.25, -0.2) is 4.79 Å². The number of carbonyl (C=O) groups is 2. The van der Waals surface area contributed by atoms with Crippen molar-refractivity contribution in [1.82, 2.24) is 0 Å². The number of carboxylic acids is 1. The average Bonchev–Trinajstić information content (AvgIpc) is 2.27. The highest BCUT2D eigenvalue weighted by Gasteiger charge is 2.10. The summed E-state index contributed by atoms with van der Waals surface area (Å²) in [7, 11) is 1.27. The van der Waals surface area contributed by atoms with Gasteiger partial charge in [-0.3, -0.25) is 4.79 Å². The van der Waals surface area contributed by atoms with Crippen molar-refractivity contribution in [3.63, 3.8) is 0 Å². The molecule has 0 amide bonds. The molecule has 0 aliphatic heterocycles. The van der Waals surface area contributed by atoms with Crippen LogP contribution in [0, 0.1) is 0 Å². The summed E-state index contributed by atoms with van der Waals surface area (Å²) < 4.78 is 4.56. The van der Waals surface area contributed by atoms with E-state index in [2.05, 4.69) is 4.74 Å². The molecular formula is C11H13NO4. The van der Waals surface area contributed by atoms with Crippen LogP contribution in [0.25, 0.3) is 0 Å². The van der Waals surface area contributed by atoms with Crippen LogP contribution in [0.2, 0.25) is 0 Å². The second kappa shape index (κ2) is 5.16. The van der Waals surface area contributed by atoms with E-state index in [0.717, 1.165) is 5.56 Å². The van der Waals surface area contributed by atoms with Gasteiger partial charge in [0.15, 0.2) is 0 Å². The molecule has 0 spiro atoms. The summed E-state index contributed by atoms with van der Waals surface area (Å²) in [5.74, 6) is -1.40. The van der Waals surface area contributed by atoms with Gasteiger partial charge in [0.1, 0.15) is 0 Å². The molecule has 0 aliphatic rings. The first kappa shape index (κ1) is 12.0. The summed E-state index contributed by atoms with van der Waals surface area (Å²) in [5, 5.41) is 8.54. The molecule has 5 nitrogen and oxygen atoms in total. The van der Waals surface area contributed by atoms with Gasteiger partial charge in [-0.2, -0.15) is 0 Å². The number of carbonyl (C=O) groups excluding carboxylic acids is 1. The maximum absolute atomic E-state index is 11.3. The fourth-order valence-corrected chi connectivity index (χ4v) is 1.30. The summed E-state index contributed by atoms with van der Waals surface area (Å²) in [6, 6.07) is 4.83. The van der Waals surface area contributed by atoms with Crippen molar-refractivity contribution in [3.05, 3.63) is 29.3 Å². The number of aryl methyl sites for hydroxylation is 1. The third-order valence-electron chi connectivity index (χ3n) is 2.15. The Labute approximate surface area is 92.8 Å². The maximum atomic E-state index is 11.3. The monoisotopic (exact) mass is 223 g/mol. The number of nitrogen functional groups attached to an aromatic ring is 1. The van der Waals surface area contributed by atoms with Crippen LogP contribution >= 0.6 is 0 Å². The molecule has 0 aromatic heterocycles. The van der Waals surface area contributed by atoms with Crippen molar-refractivity contribution in [2.24, 2.45) is 0 Å². The largest absolute Gasteiger partial charge is 0.481 e. The lowest BCUT2D eigenvalue weighted by Crippen LogP contribution is -2.07. The summed E-state index contributed by atoms with van der Waals surface area (Å²) in [6.07, 6.45) is 0.379. The fourth-order valence-electron chi connectivity index (χ4n) is 1.30. The summed E-state index contributed by atoms with van der Waals surface area (Å²) in [6.45, 7) is 0. The molecule has 0 fully saturated rings. The lowest BCUT2D eigenvalue weighted by molar-refractivity contribution is -0.136. The van der Waals surface area contributed by atoms with Crippen molar-refractivity contribution in [2.45, 2.75) is 12.8 Å². The van der Waals surface area contributed by atoms with E-state index in [-0.39, 0.29) is 12.0 Å². The molecule has 0 heterocycles. The predicted molar refractivity (Wildman–Crippen MR) is 58.2 cm³/mol. The number of hydrogen-bond acceptors (Lipinski definition) is 4. The smallest absolute Gasteiger partial charge is 0.339 e. The highest BCUT2D eigenvalue weighted by molar-refractivity contribution is 5.95. The molecule has 16 heavy (non-hydrogen) atoms. The maximum Gasteiger partial charge on any atom is 0.339 e. The number of anilines is 1. The zero-order chi connectivity index (χ0) is 12.1. The minimum atomic E-state index is -0.878. The normalized spacial score (nSPS) is 9.81. The zero-order valence-corrected chi connectivity index (χ0v) is 8.90. The average molecular weight is 223 g/mol. The van der Waals surface area contributed by atoms with E-state index < -0.39 is 11.9 Å². The van der Waals surface area contributed by atoms with Gasteiger partial charge >= 0.3 is 11.9 Å². The summed E-state index contributed by atoms with van der Waals surface area (Å²) in [5.41, 5.74) is 6.95. The third-order valence-corrected chi connectivity index (χ3v) is 2.15. The van der Waals surface area contributed by atoms with Gasteiger partial charge in [0.2, 0.25) is 0 Å². The van der Waals surface area contributed by atoms with E-state index in [0.29, 0.717) is 12.1 Å². The second-order valence-electron chi connectivity index (χ2n) is 3.31. The van der Waals surface area contributed by atoms with E-state index in [1.807, 2.05) is 0 Å². The first-order chi connectivity index (χ1) is 7.54. The van der Waals surface area contributed by atoms with Crippen molar-refractivity contribution in [2.75, 3.05) is 12.8 Å². The number of rotatable bonds is 4. The van der Waals surface area contributed by atoms with Crippen LogP contribution in [0.3, 0.4) is 0 Å². The first-order valence-electron chi connectivity index (χ1n) is 4.73. The Morgan fingerprint density at radius 2 is 2.12 bits per heavy atom. The van der Waals surface area contributed by atoms with Crippen molar-refractivity contribution >= 4 is 17.6 Å². The molecule has 0 unspecified atom stereocenters. The Morgan fingerprint density at radius 1 is 1.44 bits per heavy atom. The standard InChI is InChI=1S/C11H13NO4/c1-16-11(15)8-6-7(2-4-9(8)12)3-5-10(13)14/h2,4,6H,3,5,12H2,1H3,(H,13,14). The summed E-state index contributed by atoms with van der Waals surface area (Å²) >= 11 is 0. The number of methoxy groups -OCH3 is 1. The summed E-state index contributed by atoms with van der Waals surface area (Å²) in [4.78, 5) is 21.7. The molecule has 0 saturated heterocycles. The molecule has 0 radical (unpaired) electrons. The van der Waals surface area contributed by atoms with Crippen molar-refractivity contribution in [1.29, 1.82) is 0 Å². The lowest BCUT2D eigenvalue weighted by atomic mass is 10.0. The number of carboxylic acid groups (broad SMARTS) is 1. The van der Waals surface area contributed by atoms with Crippen LogP contribution < -0.4 is 5.73 Å². The Bertz CT molecular complexity index is 414. The van der Waals surface area contributed by atoms with Crippen LogP contribution in [0.1, 0.15) is 22.3 Å². The Morgan fingerprint density at radius 3 is 2.69 bits per heavy atom. The van der Waals surface area contributed by atoms with Crippen LogP contribution in [0.4, 0.5) is 5.69 Å². The molecule has 0 bridgehead atoms. The van der Waals surface area contributed by atoms with Gasteiger partial charge in [-0.15, -0.1) is 0 Å². The molecule has 0 aliphatic carbocycles. The fraction of sp³-hybridized carbons (Fsp3) is 0.273. The van der Waals surface area contributed by atoms with Gasteiger partial charge in [0.25, 0.3) is 0 Å². The van der Waals surface area contributed by atoms with Crippen LogP contribution in [0.5, 0.6) is 0 Å². The van der Waals surface area contributed by atoms with E-state index >= 15 is 0 Å². The Hall–Kier alpha value is -2.04. The van der Waals surface area contributed by atoms with Gasteiger partial charge in [0, 0.05) is 12.1 Å². The van der Waals surface area contributed by atoms with E-state index in [1.165, 1.54) is 7.11 Å². The minimum Gasteiger partial charge on any atom is -0.481 e. The topological polar surface area (TPSA) is 89.6 Å². The molecule has 86 valence electrons. The number of ether oxygens (including phenoxy) is 1. The molecule has 0 atom stereocenters. The van der Waals surface area contributed by atoms with E-state index in [4.69, 9.17) is 10.8 Å². The predicted octanol–water partition coefficient (Wildman–Crippen LogP) is 1.07. The number of esters is 1. The second-order valence-corrected chi connectivity index (χ2v) is 3.31. The number of hydrogen-bond donors (Lipinski definition) is 2.